The molecule has 0 bridgehead atoms. The predicted molar refractivity (Wildman–Crippen MR) is 90.3 cm³/mol. The normalized spacial score (nSPS) is 25.7. The lowest BCUT2D eigenvalue weighted by Gasteiger charge is -2.22. The highest BCUT2D eigenvalue weighted by atomic mass is 127. The number of halogens is 1. The summed E-state index contributed by atoms with van der Waals surface area (Å²) in [5.41, 5.74) is 0. The van der Waals surface area contributed by atoms with Crippen molar-refractivity contribution < 1.29 is 4.74 Å². The lowest BCUT2D eigenvalue weighted by molar-refractivity contribution is 0.115. The molecule has 2 fully saturated rings. The quantitative estimate of drug-likeness (QED) is 0.318. The second kappa shape index (κ2) is 8.29. The molecule has 0 spiro atoms. The van der Waals surface area contributed by atoms with Crippen LogP contribution in [0.3, 0.4) is 0 Å². The minimum absolute atomic E-state index is 0. The van der Waals surface area contributed by atoms with E-state index in [0.717, 1.165) is 44.1 Å². The van der Waals surface area contributed by atoms with Crippen LogP contribution in [0, 0.1) is 11.8 Å². The zero-order chi connectivity index (χ0) is 13.0. The van der Waals surface area contributed by atoms with Crippen LogP contribution in [0.25, 0.3) is 0 Å². The molecular formula is C14H28IN3O. The molecule has 0 aromatic carbocycles. The molecule has 0 aromatic rings. The van der Waals surface area contributed by atoms with Gasteiger partial charge in [0, 0.05) is 32.8 Å². The van der Waals surface area contributed by atoms with Crippen LogP contribution in [0.5, 0.6) is 0 Å². The summed E-state index contributed by atoms with van der Waals surface area (Å²) >= 11 is 0. The molecule has 112 valence electrons. The fourth-order valence-corrected chi connectivity index (χ4v) is 1.96. The van der Waals surface area contributed by atoms with Gasteiger partial charge in [0.1, 0.15) is 0 Å². The van der Waals surface area contributed by atoms with Crippen molar-refractivity contribution in [1.82, 2.24) is 10.2 Å². The van der Waals surface area contributed by atoms with Crippen molar-refractivity contribution in [3.63, 3.8) is 0 Å². The molecule has 0 aromatic heterocycles. The van der Waals surface area contributed by atoms with Crippen LogP contribution in [0.2, 0.25) is 0 Å². The molecule has 0 heterocycles. The van der Waals surface area contributed by atoms with Gasteiger partial charge in [-0.25, -0.2) is 0 Å². The van der Waals surface area contributed by atoms with Crippen molar-refractivity contribution in [1.29, 1.82) is 0 Å². The number of hydrogen-bond acceptors (Lipinski definition) is 2. The number of aliphatic imine (C=N–C) groups is 1. The molecule has 2 atom stereocenters. The van der Waals surface area contributed by atoms with Gasteiger partial charge >= 0.3 is 0 Å². The Morgan fingerprint density at radius 3 is 2.63 bits per heavy atom. The average molecular weight is 381 g/mol. The largest absolute Gasteiger partial charge is 0.379 e. The van der Waals surface area contributed by atoms with Crippen molar-refractivity contribution in [2.75, 3.05) is 33.4 Å². The minimum Gasteiger partial charge on any atom is -0.379 e. The van der Waals surface area contributed by atoms with Crippen LogP contribution in [-0.2, 0) is 4.74 Å². The number of nitrogens with zero attached hydrogens (tertiary/aromatic N) is 2. The Bertz CT molecular complexity index is 294. The van der Waals surface area contributed by atoms with Crippen LogP contribution < -0.4 is 5.32 Å². The van der Waals surface area contributed by atoms with E-state index in [-0.39, 0.29) is 24.0 Å². The first kappa shape index (κ1) is 17.0. The Kier molecular flexibility index (Phi) is 7.42. The summed E-state index contributed by atoms with van der Waals surface area (Å²) in [5.74, 6) is 2.68. The number of guanidine groups is 1. The van der Waals surface area contributed by atoms with Crippen molar-refractivity contribution >= 4 is 29.9 Å². The molecule has 0 aliphatic heterocycles. The third-order valence-corrected chi connectivity index (χ3v) is 3.71. The van der Waals surface area contributed by atoms with E-state index < -0.39 is 0 Å². The minimum atomic E-state index is 0. The molecule has 0 saturated heterocycles. The lowest BCUT2D eigenvalue weighted by Crippen LogP contribution is -2.42. The van der Waals surface area contributed by atoms with Crippen molar-refractivity contribution in [3.05, 3.63) is 0 Å². The number of nitrogens with one attached hydrogen (secondary N) is 1. The van der Waals surface area contributed by atoms with E-state index in [4.69, 9.17) is 4.74 Å². The van der Waals surface area contributed by atoms with Gasteiger partial charge < -0.3 is 15.0 Å². The Hall–Kier alpha value is -0.0400. The second-order valence-electron chi connectivity index (χ2n) is 5.70. The zero-order valence-corrected chi connectivity index (χ0v) is 14.7. The first-order chi connectivity index (χ1) is 8.70. The maximum Gasteiger partial charge on any atom is 0.193 e. The van der Waals surface area contributed by atoms with Gasteiger partial charge in [0.15, 0.2) is 5.96 Å². The standard InChI is InChI=1S/C14H27N3O.HI/c1-4-15-14(16-13-9-11(13)2)17(3)7-8-18-10-12-5-6-12;/h11-13H,4-10H2,1-3H3,(H,15,16);1H. The molecule has 5 heteroatoms. The van der Waals surface area contributed by atoms with Crippen LogP contribution in [0.15, 0.2) is 4.99 Å². The Morgan fingerprint density at radius 2 is 2.11 bits per heavy atom. The molecule has 0 amide bonds. The van der Waals surface area contributed by atoms with Gasteiger partial charge in [-0.1, -0.05) is 6.92 Å². The zero-order valence-electron chi connectivity index (χ0n) is 12.4. The van der Waals surface area contributed by atoms with Gasteiger partial charge in [0.05, 0.1) is 6.61 Å². The second-order valence-corrected chi connectivity index (χ2v) is 5.70. The molecular weight excluding hydrogens is 353 g/mol. The number of hydrogen-bond donors (Lipinski definition) is 1. The summed E-state index contributed by atoms with van der Waals surface area (Å²) in [4.78, 5) is 6.72. The maximum absolute atomic E-state index is 5.67. The molecule has 2 saturated carbocycles. The van der Waals surface area contributed by atoms with E-state index in [0.29, 0.717) is 6.04 Å². The van der Waals surface area contributed by atoms with E-state index in [1.54, 1.807) is 0 Å². The molecule has 19 heavy (non-hydrogen) atoms. The van der Waals surface area contributed by atoms with E-state index in [1.807, 2.05) is 0 Å². The molecule has 0 radical (unpaired) electrons. The fraction of sp³-hybridized carbons (Fsp3) is 0.929. The highest BCUT2D eigenvalue weighted by Gasteiger charge is 2.33. The van der Waals surface area contributed by atoms with Crippen LogP contribution >= 0.6 is 24.0 Å². The molecule has 1 N–H and O–H groups in total. The topological polar surface area (TPSA) is 36.9 Å². The highest BCUT2D eigenvalue weighted by molar-refractivity contribution is 14.0. The first-order valence-corrected chi connectivity index (χ1v) is 7.30. The van der Waals surface area contributed by atoms with Gasteiger partial charge in [0.25, 0.3) is 0 Å². The Balaban J connectivity index is 0.00000180. The molecule has 2 rings (SSSR count). The van der Waals surface area contributed by atoms with Gasteiger partial charge in [-0.05, 0) is 38.0 Å². The molecule has 4 nitrogen and oxygen atoms in total. The number of ether oxygens (including phenoxy) is 1. The smallest absolute Gasteiger partial charge is 0.193 e. The highest BCUT2D eigenvalue weighted by Crippen LogP contribution is 2.29. The summed E-state index contributed by atoms with van der Waals surface area (Å²) in [5, 5.41) is 3.52. The van der Waals surface area contributed by atoms with E-state index in [2.05, 4.69) is 36.1 Å². The monoisotopic (exact) mass is 381 g/mol. The van der Waals surface area contributed by atoms with E-state index >= 15 is 0 Å². The number of rotatable bonds is 7. The molecule has 2 aliphatic rings. The summed E-state index contributed by atoms with van der Waals surface area (Å²) < 4.78 is 5.67. The first-order valence-electron chi connectivity index (χ1n) is 7.30. The fourth-order valence-electron chi connectivity index (χ4n) is 1.96. The summed E-state index contributed by atoms with van der Waals surface area (Å²) in [6.07, 6.45) is 3.99. The van der Waals surface area contributed by atoms with Gasteiger partial charge in [-0.3, -0.25) is 4.99 Å². The van der Waals surface area contributed by atoms with E-state index in [1.165, 1.54) is 19.3 Å². The van der Waals surface area contributed by atoms with Gasteiger partial charge in [-0.2, -0.15) is 0 Å². The lowest BCUT2D eigenvalue weighted by atomic mass is 10.4. The summed E-state index contributed by atoms with van der Waals surface area (Å²) in [6, 6.07) is 0.630. The van der Waals surface area contributed by atoms with E-state index in [9.17, 15) is 0 Å². The third-order valence-electron chi connectivity index (χ3n) is 3.71. The van der Waals surface area contributed by atoms with Crippen molar-refractivity contribution in [3.8, 4) is 0 Å². The van der Waals surface area contributed by atoms with Crippen LogP contribution in [-0.4, -0.2) is 50.3 Å². The van der Waals surface area contributed by atoms with Crippen molar-refractivity contribution in [2.24, 2.45) is 16.8 Å². The molecule has 2 unspecified atom stereocenters. The maximum atomic E-state index is 5.67. The molecule has 2 aliphatic carbocycles. The Labute approximate surface area is 134 Å². The average Bonchev–Trinajstić information content (AvgIpc) is 3.24. The summed E-state index contributed by atoms with van der Waals surface area (Å²) in [6.45, 7) is 7.85. The van der Waals surface area contributed by atoms with Crippen LogP contribution in [0.4, 0.5) is 0 Å². The van der Waals surface area contributed by atoms with Crippen molar-refractivity contribution in [2.45, 2.75) is 39.2 Å². The number of likely N-dealkylation sites (N-methyl/N-ethyl adjacent to an activating group) is 1. The Morgan fingerprint density at radius 1 is 1.42 bits per heavy atom. The van der Waals surface area contributed by atoms with Gasteiger partial charge in [0.2, 0.25) is 0 Å². The third kappa shape index (κ3) is 6.29. The SMILES string of the molecule is CCN=C(NC1CC1C)N(C)CCOCC1CC1.I. The van der Waals surface area contributed by atoms with Crippen LogP contribution in [0.1, 0.15) is 33.1 Å². The van der Waals surface area contributed by atoms with Gasteiger partial charge in [-0.15, -0.1) is 24.0 Å². The predicted octanol–water partition coefficient (Wildman–Crippen LogP) is 2.34. The summed E-state index contributed by atoms with van der Waals surface area (Å²) in [7, 11) is 2.09.